The molecule has 1 aromatic carbocycles. The molecule has 0 radical (unpaired) electrons. The summed E-state index contributed by atoms with van der Waals surface area (Å²) in [4.78, 5) is 4.49. The van der Waals surface area contributed by atoms with Crippen LogP contribution in [0.3, 0.4) is 0 Å². The third kappa shape index (κ3) is 2.67. The number of benzene rings is 1. The second-order valence-corrected chi connectivity index (χ2v) is 5.80. The highest BCUT2D eigenvalue weighted by molar-refractivity contribution is 14.1. The molecule has 0 fully saturated rings. The van der Waals surface area contributed by atoms with E-state index in [2.05, 4.69) is 45.7 Å². The lowest BCUT2D eigenvalue weighted by molar-refractivity contribution is 0.350. The molecule has 0 aliphatic heterocycles. The topological polar surface area (TPSA) is 64.9 Å². The summed E-state index contributed by atoms with van der Waals surface area (Å²) >= 11 is 2.30. The Kier molecular flexibility index (Phi) is 4.25. The third-order valence-electron chi connectivity index (χ3n) is 3.56. The molecule has 1 heterocycles. The molecule has 0 aliphatic carbocycles. The van der Waals surface area contributed by atoms with Gasteiger partial charge in [-0.3, -0.25) is 0 Å². The van der Waals surface area contributed by atoms with Gasteiger partial charge < -0.3 is 10.3 Å². The van der Waals surface area contributed by atoms with Gasteiger partial charge in [-0.25, -0.2) is 0 Å². The maximum absolute atomic E-state index is 6.29. The van der Waals surface area contributed by atoms with Gasteiger partial charge >= 0.3 is 0 Å². The Morgan fingerprint density at radius 2 is 2.00 bits per heavy atom. The first kappa shape index (κ1) is 14.5. The van der Waals surface area contributed by atoms with Crippen LogP contribution in [0.15, 0.2) is 22.7 Å². The lowest BCUT2D eigenvalue weighted by Crippen LogP contribution is -2.36. The Morgan fingerprint density at radius 1 is 1.32 bits per heavy atom. The first-order valence-electron chi connectivity index (χ1n) is 6.40. The van der Waals surface area contributed by atoms with Gasteiger partial charge in [0, 0.05) is 3.57 Å². The Balaban J connectivity index is 2.44. The zero-order chi connectivity index (χ0) is 14.0. The van der Waals surface area contributed by atoms with Crippen molar-refractivity contribution in [2.75, 3.05) is 0 Å². The number of aromatic nitrogens is 2. The second kappa shape index (κ2) is 5.58. The van der Waals surface area contributed by atoms with Gasteiger partial charge in [0.05, 0.1) is 11.1 Å². The van der Waals surface area contributed by atoms with Gasteiger partial charge in [-0.05, 0) is 54.0 Å². The van der Waals surface area contributed by atoms with Crippen molar-refractivity contribution in [2.45, 2.75) is 39.2 Å². The Labute approximate surface area is 126 Å². The van der Waals surface area contributed by atoms with Crippen LogP contribution >= 0.6 is 22.6 Å². The van der Waals surface area contributed by atoms with E-state index < -0.39 is 5.54 Å². The summed E-state index contributed by atoms with van der Waals surface area (Å²) in [6.07, 6.45) is 1.57. The third-order valence-corrected chi connectivity index (χ3v) is 4.99. The zero-order valence-corrected chi connectivity index (χ0v) is 13.6. The minimum atomic E-state index is -0.503. The molecule has 0 amide bonds. The zero-order valence-electron chi connectivity index (χ0n) is 11.4. The molecule has 5 heteroatoms. The molecular weight excluding hydrogens is 353 g/mol. The molecule has 0 saturated carbocycles. The molecule has 4 nitrogen and oxygen atoms in total. The highest BCUT2D eigenvalue weighted by Crippen LogP contribution is 2.29. The highest BCUT2D eigenvalue weighted by atomic mass is 127. The second-order valence-electron chi connectivity index (χ2n) is 4.72. The van der Waals surface area contributed by atoms with Crippen molar-refractivity contribution in [3.05, 3.63) is 33.2 Å². The van der Waals surface area contributed by atoms with Crippen LogP contribution in [-0.4, -0.2) is 10.1 Å². The van der Waals surface area contributed by atoms with Crippen molar-refractivity contribution in [2.24, 2.45) is 5.73 Å². The molecule has 19 heavy (non-hydrogen) atoms. The fraction of sp³-hybridized carbons (Fsp3) is 0.429. The predicted molar refractivity (Wildman–Crippen MR) is 83.6 cm³/mol. The average Bonchev–Trinajstić information content (AvgIpc) is 2.91. The Hall–Kier alpha value is -0.950. The first-order chi connectivity index (χ1) is 9.01. The molecule has 2 aromatic rings. The fourth-order valence-corrected chi connectivity index (χ4v) is 2.50. The van der Waals surface area contributed by atoms with Crippen molar-refractivity contribution in [1.82, 2.24) is 10.1 Å². The molecule has 0 atom stereocenters. The summed E-state index contributed by atoms with van der Waals surface area (Å²) in [5.74, 6) is 1.13. The smallest absolute Gasteiger partial charge is 0.259 e. The van der Waals surface area contributed by atoms with Crippen LogP contribution < -0.4 is 5.73 Å². The van der Waals surface area contributed by atoms with E-state index in [1.165, 1.54) is 5.56 Å². The Morgan fingerprint density at radius 3 is 2.63 bits per heavy atom. The van der Waals surface area contributed by atoms with E-state index in [9.17, 15) is 0 Å². The van der Waals surface area contributed by atoms with E-state index in [0.717, 1.165) is 22.0 Å². The van der Waals surface area contributed by atoms with E-state index >= 15 is 0 Å². The summed E-state index contributed by atoms with van der Waals surface area (Å²) in [5, 5.41) is 4.06. The summed E-state index contributed by atoms with van der Waals surface area (Å²) in [5.41, 5.74) is 7.95. The minimum Gasteiger partial charge on any atom is -0.334 e. The summed E-state index contributed by atoms with van der Waals surface area (Å²) in [6.45, 7) is 6.14. The number of aryl methyl sites for hydroxylation is 1. The SMILES string of the molecule is CCC(N)(CC)c1noc(-c2cccc(C)c2I)n1. The predicted octanol–water partition coefficient (Wildman–Crippen LogP) is 3.62. The first-order valence-corrected chi connectivity index (χ1v) is 7.48. The van der Waals surface area contributed by atoms with E-state index in [4.69, 9.17) is 10.3 Å². The number of nitrogens with zero attached hydrogens (tertiary/aromatic N) is 2. The van der Waals surface area contributed by atoms with E-state index in [1.807, 2.05) is 26.0 Å². The molecule has 1 aromatic heterocycles. The number of hydrogen-bond donors (Lipinski definition) is 1. The van der Waals surface area contributed by atoms with Gasteiger partial charge in [0.25, 0.3) is 5.89 Å². The van der Waals surface area contributed by atoms with Gasteiger partial charge in [0.2, 0.25) is 0 Å². The van der Waals surface area contributed by atoms with Crippen molar-refractivity contribution < 1.29 is 4.52 Å². The number of halogens is 1. The lowest BCUT2D eigenvalue weighted by atomic mass is 9.93. The van der Waals surface area contributed by atoms with E-state index in [1.54, 1.807) is 0 Å². The number of hydrogen-bond acceptors (Lipinski definition) is 4. The molecule has 0 saturated heterocycles. The number of nitrogens with two attached hydrogens (primary N) is 1. The minimum absolute atomic E-state index is 0.503. The normalized spacial score (nSPS) is 11.8. The maximum Gasteiger partial charge on any atom is 0.259 e. The molecule has 0 unspecified atom stereocenters. The quantitative estimate of drug-likeness (QED) is 0.834. The average molecular weight is 371 g/mol. The highest BCUT2D eigenvalue weighted by Gasteiger charge is 2.29. The lowest BCUT2D eigenvalue weighted by Gasteiger charge is -2.21. The molecule has 102 valence electrons. The maximum atomic E-state index is 6.29. The molecule has 0 aliphatic rings. The van der Waals surface area contributed by atoms with E-state index in [-0.39, 0.29) is 0 Å². The fourth-order valence-electron chi connectivity index (χ4n) is 1.91. The molecule has 0 spiro atoms. The van der Waals surface area contributed by atoms with Crippen molar-refractivity contribution in [3.8, 4) is 11.5 Å². The van der Waals surface area contributed by atoms with E-state index in [0.29, 0.717) is 11.7 Å². The van der Waals surface area contributed by atoms with Gasteiger partial charge in [0.15, 0.2) is 5.82 Å². The molecule has 2 rings (SSSR count). The van der Waals surface area contributed by atoms with Crippen LogP contribution in [0.4, 0.5) is 0 Å². The van der Waals surface area contributed by atoms with Crippen LogP contribution in [0.1, 0.15) is 38.1 Å². The van der Waals surface area contributed by atoms with Crippen LogP contribution in [0.2, 0.25) is 0 Å². The van der Waals surface area contributed by atoms with Crippen LogP contribution in [0.5, 0.6) is 0 Å². The van der Waals surface area contributed by atoms with Gasteiger partial charge in [0.1, 0.15) is 0 Å². The van der Waals surface area contributed by atoms with Crippen molar-refractivity contribution in [3.63, 3.8) is 0 Å². The molecule has 0 bridgehead atoms. The van der Waals surface area contributed by atoms with Gasteiger partial charge in [-0.2, -0.15) is 4.98 Å². The molecular formula is C14H18IN3O. The van der Waals surface area contributed by atoms with Gasteiger partial charge in [-0.1, -0.05) is 31.1 Å². The van der Waals surface area contributed by atoms with Crippen molar-refractivity contribution >= 4 is 22.6 Å². The largest absolute Gasteiger partial charge is 0.334 e. The van der Waals surface area contributed by atoms with Crippen LogP contribution in [0, 0.1) is 10.5 Å². The summed E-state index contributed by atoms with van der Waals surface area (Å²) < 4.78 is 6.52. The monoisotopic (exact) mass is 371 g/mol. The standard InChI is InChI=1S/C14H18IN3O/c1-4-14(16,5-2)13-17-12(19-18-13)10-8-6-7-9(3)11(10)15/h6-8H,4-5,16H2,1-3H3. The Bertz CT molecular complexity index is 576. The van der Waals surface area contributed by atoms with Crippen LogP contribution in [-0.2, 0) is 5.54 Å². The van der Waals surface area contributed by atoms with Crippen molar-refractivity contribution in [1.29, 1.82) is 0 Å². The molecule has 2 N–H and O–H groups in total. The van der Waals surface area contributed by atoms with Gasteiger partial charge in [-0.15, -0.1) is 0 Å². The van der Waals surface area contributed by atoms with Crippen LogP contribution in [0.25, 0.3) is 11.5 Å². The number of rotatable bonds is 4. The summed E-state index contributed by atoms with van der Waals surface area (Å²) in [6, 6.07) is 6.04. The summed E-state index contributed by atoms with van der Waals surface area (Å²) in [7, 11) is 0.